The van der Waals surface area contributed by atoms with E-state index in [-0.39, 0.29) is 11.3 Å². The molecule has 0 saturated carbocycles. The molecule has 0 atom stereocenters. The third-order valence-electron chi connectivity index (χ3n) is 4.43. The van der Waals surface area contributed by atoms with Gasteiger partial charge in [-0.3, -0.25) is 0 Å². The highest BCUT2D eigenvalue weighted by Crippen LogP contribution is 2.47. The molecule has 0 fully saturated rings. The standard InChI is InChI=1S/C17H15NO2/c1-17(2)9-18-14(20)7-6-10-8-12-11(15(17)16(10)18)4-3-5-13(12)19/h3-5,8-9H,6-7H2,1-2H3/p+1. The van der Waals surface area contributed by atoms with Crippen LogP contribution in [0.15, 0.2) is 24.3 Å². The number of phenols is 1. The number of rotatable bonds is 0. The van der Waals surface area contributed by atoms with Gasteiger partial charge in [0.15, 0.2) is 6.21 Å². The van der Waals surface area contributed by atoms with Gasteiger partial charge in [-0.15, -0.1) is 4.58 Å². The van der Waals surface area contributed by atoms with Crippen LogP contribution in [0.25, 0.3) is 10.8 Å². The monoisotopic (exact) mass is 266 g/mol. The molecule has 0 radical (unpaired) electrons. The van der Waals surface area contributed by atoms with E-state index >= 15 is 0 Å². The Morgan fingerprint density at radius 1 is 1.20 bits per heavy atom. The van der Waals surface area contributed by atoms with Gasteiger partial charge in [-0.1, -0.05) is 12.1 Å². The van der Waals surface area contributed by atoms with Crippen molar-refractivity contribution in [3.63, 3.8) is 0 Å². The molecule has 0 unspecified atom stereocenters. The Kier molecular flexibility index (Phi) is 2.03. The van der Waals surface area contributed by atoms with Crippen molar-refractivity contribution in [1.82, 2.24) is 0 Å². The maximum absolute atomic E-state index is 12.2. The van der Waals surface area contributed by atoms with Gasteiger partial charge in [0.1, 0.15) is 5.75 Å². The predicted octanol–water partition coefficient (Wildman–Crippen LogP) is 3.02. The molecule has 4 rings (SSSR count). The largest absolute Gasteiger partial charge is 0.507 e. The van der Waals surface area contributed by atoms with Gasteiger partial charge in [0.05, 0.1) is 11.8 Å². The van der Waals surface area contributed by atoms with Crippen molar-refractivity contribution >= 4 is 28.6 Å². The number of nitrogens with zero attached hydrogens (tertiary/aromatic N) is 1. The zero-order valence-corrected chi connectivity index (χ0v) is 11.6. The van der Waals surface area contributed by atoms with Crippen molar-refractivity contribution < 1.29 is 14.5 Å². The minimum absolute atomic E-state index is 0.170. The number of benzene rings is 2. The lowest BCUT2D eigenvalue weighted by Gasteiger charge is -2.17. The van der Waals surface area contributed by atoms with Crippen LogP contribution in [-0.2, 0) is 16.6 Å². The highest BCUT2D eigenvalue weighted by atomic mass is 16.3. The molecule has 2 heterocycles. The molecule has 2 aliphatic rings. The fourth-order valence-electron chi connectivity index (χ4n) is 3.58. The Morgan fingerprint density at radius 2 is 2.00 bits per heavy atom. The minimum Gasteiger partial charge on any atom is -0.507 e. The van der Waals surface area contributed by atoms with E-state index in [1.54, 1.807) is 6.07 Å². The van der Waals surface area contributed by atoms with Crippen molar-refractivity contribution in [3.8, 4) is 5.75 Å². The zero-order valence-electron chi connectivity index (χ0n) is 11.6. The molecule has 3 nitrogen and oxygen atoms in total. The lowest BCUT2D eigenvalue weighted by Crippen LogP contribution is -2.22. The molecule has 0 aromatic heterocycles. The van der Waals surface area contributed by atoms with Crippen LogP contribution in [0.3, 0.4) is 0 Å². The van der Waals surface area contributed by atoms with Gasteiger partial charge in [-0.05, 0) is 37.8 Å². The number of aromatic hydroxyl groups is 1. The second-order valence-electron chi connectivity index (χ2n) is 6.25. The normalized spacial score (nSPS) is 19.1. The van der Waals surface area contributed by atoms with Crippen LogP contribution in [0.1, 0.15) is 31.4 Å². The number of fused-ring (bicyclic) bond motifs is 2. The maximum atomic E-state index is 12.2. The maximum Gasteiger partial charge on any atom is 0.392 e. The molecule has 100 valence electrons. The first-order valence-electron chi connectivity index (χ1n) is 6.95. The summed E-state index contributed by atoms with van der Waals surface area (Å²) >= 11 is 0. The SMILES string of the molecule is CC1(C)C=[N+]2C(=O)CCc3cc4c(O)cccc4c1c32. The van der Waals surface area contributed by atoms with Crippen molar-refractivity contribution in [1.29, 1.82) is 0 Å². The number of amides is 1. The summed E-state index contributed by atoms with van der Waals surface area (Å²) in [6.07, 6.45) is 3.32. The lowest BCUT2D eigenvalue weighted by atomic mass is 9.81. The summed E-state index contributed by atoms with van der Waals surface area (Å²) in [4.78, 5) is 12.2. The number of hydrogen-bond donors (Lipinski definition) is 1. The molecule has 3 heteroatoms. The average molecular weight is 266 g/mol. The molecule has 2 aromatic carbocycles. The highest BCUT2D eigenvalue weighted by Gasteiger charge is 2.45. The van der Waals surface area contributed by atoms with Gasteiger partial charge in [0, 0.05) is 16.5 Å². The summed E-state index contributed by atoms with van der Waals surface area (Å²) in [5.74, 6) is 0.483. The van der Waals surface area contributed by atoms with Crippen LogP contribution in [-0.4, -0.2) is 21.8 Å². The van der Waals surface area contributed by atoms with Crippen LogP contribution in [0.4, 0.5) is 5.69 Å². The Labute approximate surface area is 117 Å². The Balaban J connectivity index is 2.22. The van der Waals surface area contributed by atoms with Crippen LogP contribution in [0.5, 0.6) is 5.75 Å². The van der Waals surface area contributed by atoms with E-state index in [0.29, 0.717) is 12.2 Å². The third-order valence-corrected chi connectivity index (χ3v) is 4.43. The van der Waals surface area contributed by atoms with Crippen molar-refractivity contribution in [2.75, 3.05) is 0 Å². The molecule has 0 spiro atoms. The van der Waals surface area contributed by atoms with Crippen molar-refractivity contribution in [2.24, 2.45) is 0 Å². The first-order chi connectivity index (χ1) is 9.49. The van der Waals surface area contributed by atoms with Crippen LogP contribution in [0.2, 0.25) is 0 Å². The molecule has 0 bridgehead atoms. The second kappa shape index (κ2) is 3.48. The van der Waals surface area contributed by atoms with E-state index in [4.69, 9.17) is 0 Å². The molecule has 0 saturated heterocycles. The summed E-state index contributed by atoms with van der Waals surface area (Å²) < 4.78 is 1.82. The van der Waals surface area contributed by atoms with E-state index in [2.05, 4.69) is 13.8 Å². The molecule has 2 aromatic rings. The van der Waals surface area contributed by atoms with Crippen molar-refractivity contribution in [2.45, 2.75) is 32.1 Å². The van der Waals surface area contributed by atoms with E-state index in [1.807, 2.05) is 29.0 Å². The van der Waals surface area contributed by atoms with Gasteiger partial charge < -0.3 is 5.11 Å². The van der Waals surface area contributed by atoms with Crippen molar-refractivity contribution in [3.05, 3.63) is 35.4 Å². The number of carbonyl (C=O) groups is 1. The molecular weight excluding hydrogens is 250 g/mol. The third kappa shape index (κ3) is 1.30. The fourth-order valence-corrected chi connectivity index (χ4v) is 3.58. The molecule has 1 N–H and O–H groups in total. The van der Waals surface area contributed by atoms with Gasteiger partial charge in [-0.25, -0.2) is 4.79 Å². The van der Waals surface area contributed by atoms with E-state index in [1.165, 1.54) is 0 Å². The number of hydrogen-bond acceptors (Lipinski definition) is 2. The number of aryl methyl sites for hydroxylation is 1. The Hall–Kier alpha value is -2.16. The molecule has 1 amide bonds. The molecule has 20 heavy (non-hydrogen) atoms. The van der Waals surface area contributed by atoms with Crippen LogP contribution >= 0.6 is 0 Å². The Bertz CT molecular complexity index is 815. The number of phenolic OH excluding ortho intramolecular Hbond substituents is 1. The van der Waals surface area contributed by atoms with E-state index in [0.717, 1.165) is 34.0 Å². The van der Waals surface area contributed by atoms with Gasteiger partial charge in [0.25, 0.3) is 0 Å². The second-order valence-corrected chi connectivity index (χ2v) is 6.25. The summed E-state index contributed by atoms with van der Waals surface area (Å²) in [6, 6.07) is 7.66. The summed E-state index contributed by atoms with van der Waals surface area (Å²) in [6.45, 7) is 4.25. The Morgan fingerprint density at radius 3 is 2.80 bits per heavy atom. The van der Waals surface area contributed by atoms with Crippen LogP contribution in [0, 0.1) is 0 Å². The highest BCUT2D eigenvalue weighted by molar-refractivity contribution is 6.02. The average Bonchev–Trinajstić information content (AvgIpc) is 2.69. The lowest BCUT2D eigenvalue weighted by molar-refractivity contribution is -0.364. The smallest absolute Gasteiger partial charge is 0.392 e. The minimum atomic E-state index is -0.197. The van der Waals surface area contributed by atoms with Gasteiger partial charge in [-0.2, -0.15) is 0 Å². The topological polar surface area (TPSA) is 40.3 Å². The summed E-state index contributed by atoms with van der Waals surface area (Å²) in [5, 5.41) is 12.1. The number of carbonyl (C=O) groups excluding carboxylic acids is 1. The fraction of sp³-hybridized carbons (Fsp3) is 0.294. The summed E-state index contributed by atoms with van der Waals surface area (Å²) in [5.41, 5.74) is 3.17. The van der Waals surface area contributed by atoms with Crippen LogP contribution < -0.4 is 0 Å². The van der Waals surface area contributed by atoms with E-state index < -0.39 is 0 Å². The van der Waals surface area contributed by atoms with Gasteiger partial charge in [0.2, 0.25) is 5.69 Å². The van der Waals surface area contributed by atoms with E-state index in [9.17, 15) is 9.90 Å². The zero-order chi connectivity index (χ0) is 14.1. The first kappa shape index (κ1) is 11.6. The first-order valence-corrected chi connectivity index (χ1v) is 6.95. The molecule has 0 aliphatic carbocycles. The van der Waals surface area contributed by atoms with Gasteiger partial charge >= 0.3 is 5.91 Å². The molecular formula is C17H16NO2+. The predicted molar refractivity (Wildman–Crippen MR) is 78.0 cm³/mol. The quantitative estimate of drug-likeness (QED) is 0.745. The summed E-state index contributed by atoms with van der Waals surface area (Å²) in [7, 11) is 0. The molecule has 2 aliphatic heterocycles.